The van der Waals surface area contributed by atoms with Gasteiger partial charge in [-0.05, 0) is 25.0 Å². The normalized spacial score (nSPS) is 16.5. The van der Waals surface area contributed by atoms with E-state index in [4.69, 9.17) is 4.74 Å². The van der Waals surface area contributed by atoms with Crippen LogP contribution in [0.2, 0.25) is 0 Å². The first kappa shape index (κ1) is 22.8. The lowest BCUT2D eigenvalue weighted by atomic mass is 10.2. The molecule has 1 heterocycles. The summed E-state index contributed by atoms with van der Waals surface area (Å²) in [6.07, 6.45) is 0. The summed E-state index contributed by atoms with van der Waals surface area (Å²) < 4.78 is 32.2. The number of rotatable bonds is 9. The van der Waals surface area contributed by atoms with Crippen LogP contribution in [0.5, 0.6) is 0 Å². The monoisotopic (exact) mass is 411 g/mol. The number of nitrogens with zero attached hydrogens (tertiary/aromatic N) is 3. The Hall–Kier alpha value is -1.48. The molecule has 1 aromatic carbocycles. The minimum Gasteiger partial charge on any atom is -0.383 e. The molecular formula is C20H33N3O4S. The Balaban J connectivity index is 1.91. The van der Waals surface area contributed by atoms with Crippen LogP contribution in [-0.4, -0.2) is 88.0 Å². The van der Waals surface area contributed by atoms with Gasteiger partial charge < -0.3 is 9.64 Å². The van der Waals surface area contributed by atoms with E-state index >= 15 is 0 Å². The average molecular weight is 412 g/mol. The van der Waals surface area contributed by atoms with Crippen LogP contribution in [0.15, 0.2) is 29.2 Å². The number of carbonyl (C=O) groups excluding carboxylic acids is 1. The number of hydrogen-bond donors (Lipinski definition) is 0. The number of carbonyl (C=O) groups is 1. The van der Waals surface area contributed by atoms with E-state index in [1.165, 1.54) is 4.31 Å². The van der Waals surface area contributed by atoms with Crippen LogP contribution in [-0.2, 0) is 19.6 Å². The lowest BCUT2D eigenvalue weighted by Crippen LogP contribution is -2.52. The highest BCUT2D eigenvalue weighted by Crippen LogP contribution is 2.18. The van der Waals surface area contributed by atoms with Gasteiger partial charge in [0.1, 0.15) is 0 Å². The van der Waals surface area contributed by atoms with E-state index in [1.54, 1.807) is 19.2 Å². The SMILES string of the molecule is COCCN(CC(C)C)C(=O)CN1CCN(S(=O)(=O)c2ccc(C)cc2)CC1. The Morgan fingerprint density at radius 2 is 1.75 bits per heavy atom. The molecular weight excluding hydrogens is 378 g/mol. The molecule has 2 rings (SSSR count). The van der Waals surface area contributed by atoms with Crippen molar-refractivity contribution in [2.45, 2.75) is 25.7 Å². The van der Waals surface area contributed by atoms with Crippen molar-refractivity contribution in [1.82, 2.24) is 14.1 Å². The minimum absolute atomic E-state index is 0.0700. The van der Waals surface area contributed by atoms with E-state index in [1.807, 2.05) is 28.9 Å². The molecule has 0 spiro atoms. The van der Waals surface area contributed by atoms with Crippen LogP contribution in [0.4, 0.5) is 0 Å². The standard InChI is InChI=1S/C20H33N3O4S/c1-17(2)15-22(13-14-27-4)20(24)16-21-9-11-23(12-10-21)28(25,26)19-7-5-18(3)6-8-19/h5-8,17H,9-16H2,1-4H3. The first-order chi connectivity index (χ1) is 13.2. The van der Waals surface area contributed by atoms with Crippen molar-refractivity contribution in [3.05, 3.63) is 29.8 Å². The molecule has 0 N–H and O–H groups in total. The zero-order valence-corrected chi connectivity index (χ0v) is 18.2. The highest BCUT2D eigenvalue weighted by atomic mass is 32.2. The Morgan fingerprint density at radius 3 is 2.29 bits per heavy atom. The van der Waals surface area contributed by atoms with Gasteiger partial charge >= 0.3 is 0 Å². The average Bonchev–Trinajstić information content (AvgIpc) is 2.65. The lowest BCUT2D eigenvalue weighted by Gasteiger charge is -2.35. The van der Waals surface area contributed by atoms with Gasteiger partial charge in [0.2, 0.25) is 15.9 Å². The van der Waals surface area contributed by atoms with Gasteiger partial charge in [0.15, 0.2) is 0 Å². The van der Waals surface area contributed by atoms with Crippen molar-refractivity contribution in [2.24, 2.45) is 5.92 Å². The van der Waals surface area contributed by atoms with Gasteiger partial charge in [-0.25, -0.2) is 8.42 Å². The molecule has 28 heavy (non-hydrogen) atoms. The van der Waals surface area contributed by atoms with Gasteiger partial charge in [0, 0.05) is 46.4 Å². The van der Waals surface area contributed by atoms with E-state index in [9.17, 15) is 13.2 Å². The largest absolute Gasteiger partial charge is 0.383 e. The second kappa shape index (κ2) is 10.3. The summed E-state index contributed by atoms with van der Waals surface area (Å²) in [6, 6.07) is 6.93. The number of ether oxygens (including phenoxy) is 1. The van der Waals surface area contributed by atoms with Crippen LogP contribution in [0, 0.1) is 12.8 Å². The molecule has 8 heteroatoms. The molecule has 1 fully saturated rings. The molecule has 1 saturated heterocycles. The third-order valence-electron chi connectivity index (χ3n) is 4.85. The van der Waals surface area contributed by atoms with Crippen molar-refractivity contribution in [1.29, 1.82) is 0 Å². The van der Waals surface area contributed by atoms with Crippen molar-refractivity contribution in [2.75, 3.05) is 59.5 Å². The summed E-state index contributed by atoms with van der Waals surface area (Å²) in [6.45, 7) is 10.1. The summed E-state index contributed by atoms with van der Waals surface area (Å²) in [5.74, 6) is 0.456. The van der Waals surface area contributed by atoms with Gasteiger partial charge in [-0.3, -0.25) is 9.69 Å². The van der Waals surface area contributed by atoms with Gasteiger partial charge in [0.05, 0.1) is 18.0 Å². The molecule has 0 atom stereocenters. The minimum atomic E-state index is -3.48. The van der Waals surface area contributed by atoms with Gasteiger partial charge in [-0.2, -0.15) is 4.31 Å². The third kappa shape index (κ3) is 6.27. The maximum Gasteiger partial charge on any atom is 0.243 e. The van der Waals surface area contributed by atoms with Gasteiger partial charge in [0.25, 0.3) is 0 Å². The molecule has 1 aliphatic heterocycles. The molecule has 158 valence electrons. The van der Waals surface area contributed by atoms with E-state index in [-0.39, 0.29) is 5.91 Å². The molecule has 1 aliphatic rings. The molecule has 7 nitrogen and oxygen atoms in total. The Kier molecular flexibility index (Phi) is 8.42. The van der Waals surface area contributed by atoms with E-state index in [0.29, 0.717) is 63.2 Å². The van der Waals surface area contributed by atoms with E-state index in [2.05, 4.69) is 13.8 Å². The number of sulfonamides is 1. The van der Waals surface area contributed by atoms with E-state index < -0.39 is 10.0 Å². The summed E-state index contributed by atoms with van der Waals surface area (Å²) in [5.41, 5.74) is 1.03. The van der Waals surface area contributed by atoms with E-state index in [0.717, 1.165) is 5.56 Å². The summed E-state index contributed by atoms with van der Waals surface area (Å²) in [5, 5.41) is 0. The zero-order valence-electron chi connectivity index (χ0n) is 17.4. The lowest BCUT2D eigenvalue weighted by molar-refractivity contribution is -0.133. The maximum atomic E-state index is 12.8. The number of methoxy groups -OCH3 is 1. The Morgan fingerprint density at radius 1 is 1.14 bits per heavy atom. The second-order valence-corrected chi connectivity index (χ2v) is 9.66. The first-order valence-corrected chi connectivity index (χ1v) is 11.2. The zero-order chi connectivity index (χ0) is 20.7. The van der Waals surface area contributed by atoms with Crippen molar-refractivity contribution < 1.29 is 17.9 Å². The van der Waals surface area contributed by atoms with Gasteiger partial charge in [-0.1, -0.05) is 31.5 Å². The molecule has 0 bridgehead atoms. The topological polar surface area (TPSA) is 70.2 Å². The van der Waals surface area contributed by atoms with Gasteiger partial charge in [-0.15, -0.1) is 0 Å². The quantitative estimate of drug-likeness (QED) is 0.615. The Bertz CT molecular complexity index is 726. The van der Waals surface area contributed by atoms with Crippen LogP contribution >= 0.6 is 0 Å². The first-order valence-electron chi connectivity index (χ1n) is 9.80. The second-order valence-electron chi connectivity index (χ2n) is 7.72. The molecule has 0 aromatic heterocycles. The fourth-order valence-corrected chi connectivity index (χ4v) is 4.66. The van der Waals surface area contributed by atoms with Crippen LogP contribution in [0.1, 0.15) is 19.4 Å². The predicted octanol–water partition coefficient (Wildman–Crippen LogP) is 1.43. The number of piperazine rings is 1. The highest BCUT2D eigenvalue weighted by Gasteiger charge is 2.29. The predicted molar refractivity (Wildman–Crippen MR) is 110 cm³/mol. The molecule has 1 amide bonds. The molecule has 0 unspecified atom stereocenters. The number of amides is 1. The number of aryl methyl sites for hydroxylation is 1. The van der Waals surface area contributed by atoms with Crippen molar-refractivity contribution in [3.63, 3.8) is 0 Å². The molecule has 0 aliphatic carbocycles. The number of benzene rings is 1. The summed E-state index contributed by atoms with van der Waals surface area (Å²) >= 11 is 0. The highest BCUT2D eigenvalue weighted by molar-refractivity contribution is 7.89. The summed E-state index contributed by atoms with van der Waals surface area (Å²) in [4.78, 5) is 16.9. The van der Waals surface area contributed by atoms with Crippen LogP contribution in [0.3, 0.4) is 0 Å². The van der Waals surface area contributed by atoms with Crippen LogP contribution in [0.25, 0.3) is 0 Å². The fourth-order valence-electron chi connectivity index (χ4n) is 3.24. The number of hydrogen-bond acceptors (Lipinski definition) is 5. The third-order valence-corrected chi connectivity index (χ3v) is 6.77. The fraction of sp³-hybridized carbons (Fsp3) is 0.650. The van der Waals surface area contributed by atoms with Crippen molar-refractivity contribution >= 4 is 15.9 Å². The molecule has 0 saturated carbocycles. The molecule has 1 aromatic rings. The smallest absolute Gasteiger partial charge is 0.243 e. The maximum absolute atomic E-state index is 12.8. The Labute approximate surface area is 169 Å². The van der Waals surface area contributed by atoms with Crippen molar-refractivity contribution in [3.8, 4) is 0 Å². The van der Waals surface area contributed by atoms with Crippen LogP contribution < -0.4 is 0 Å². The summed E-state index contributed by atoms with van der Waals surface area (Å²) in [7, 11) is -1.85. The molecule has 0 radical (unpaired) electrons.